The van der Waals surface area contributed by atoms with Crippen molar-refractivity contribution < 1.29 is 24.2 Å². The Bertz CT molecular complexity index is 673. The molecule has 0 atom stereocenters. The van der Waals surface area contributed by atoms with Gasteiger partial charge in [0.15, 0.2) is 0 Å². The van der Waals surface area contributed by atoms with Crippen molar-refractivity contribution in [1.82, 2.24) is 14.7 Å². The van der Waals surface area contributed by atoms with Gasteiger partial charge in [0, 0.05) is 32.2 Å². The fraction of sp³-hybridized carbons (Fsp3) is 0.526. The molecule has 2 aliphatic rings. The molecule has 2 aliphatic heterocycles. The average molecular weight is 375 g/mol. The van der Waals surface area contributed by atoms with E-state index >= 15 is 0 Å². The van der Waals surface area contributed by atoms with Crippen molar-refractivity contribution in [2.24, 2.45) is 0 Å². The molecule has 8 nitrogen and oxygen atoms in total. The third kappa shape index (κ3) is 4.90. The molecule has 1 aromatic carbocycles. The van der Waals surface area contributed by atoms with Crippen molar-refractivity contribution >= 4 is 18.1 Å². The van der Waals surface area contributed by atoms with Crippen molar-refractivity contribution in [3.8, 4) is 0 Å². The number of rotatable bonds is 5. The summed E-state index contributed by atoms with van der Waals surface area (Å²) in [6, 6.07) is 9.35. The minimum Gasteiger partial charge on any atom is -0.480 e. The molecule has 0 aromatic heterocycles. The molecule has 3 amide bonds. The maximum absolute atomic E-state index is 12.5. The number of piperidine rings is 1. The number of benzene rings is 1. The number of carboxylic acids is 1. The lowest BCUT2D eigenvalue weighted by Crippen LogP contribution is -2.56. The fourth-order valence-corrected chi connectivity index (χ4v) is 3.62. The molecule has 0 unspecified atom stereocenters. The highest BCUT2D eigenvalue weighted by molar-refractivity contribution is 5.81. The lowest BCUT2D eigenvalue weighted by atomic mass is 10.0. The highest BCUT2D eigenvalue weighted by Gasteiger charge is 2.34. The summed E-state index contributed by atoms with van der Waals surface area (Å²) in [5, 5.41) is 8.94. The Morgan fingerprint density at radius 1 is 1.07 bits per heavy atom. The molecule has 146 valence electrons. The van der Waals surface area contributed by atoms with E-state index in [2.05, 4.69) is 0 Å². The molecule has 2 fully saturated rings. The number of ether oxygens (including phenoxy) is 1. The predicted octanol–water partition coefficient (Wildman–Crippen LogP) is 2.00. The summed E-state index contributed by atoms with van der Waals surface area (Å²) < 4.78 is 5.36. The molecule has 8 heteroatoms. The van der Waals surface area contributed by atoms with Gasteiger partial charge in [-0.2, -0.15) is 0 Å². The van der Waals surface area contributed by atoms with E-state index in [0.717, 1.165) is 12.0 Å². The SMILES string of the molecule is O=C(O)CN1CCCN(C2CCN(C(=O)OCc3ccccc3)CC2)C1=O. The van der Waals surface area contributed by atoms with Gasteiger partial charge >= 0.3 is 18.1 Å². The second-order valence-electron chi connectivity index (χ2n) is 6.90. The minimum absolute atomic E-state index is 0.0345. The van der Waals surface area contributed by atoms with Gasteiger partial charge in [-0.25, -0.2) is 9.59 Å². The van der Waals surface area contributed by atoms with Gasteiger partial charge < -0.3 is 24.5 Å². The first-order valence-electron chi connectivity index (χ1n) is 9.27. The molecular formula is C19H25N3O5. The molecule has 1 aromatic rings. The van der Waals surface area contributed by atoms with Crippen LogP contribution in [0.4, 0.5) is 9.59 Å². The van der Waals surface area contributed by atoms with Crippen LogP contribution >= 0.6 is 0 Å². The first-order chi connectivity index (χ1) is 13.0. The van der Waals surface area contributed by atoms with Crippen LogP contribution in [0.5, 0.6) is 0 Å². The number of nitrogens with zero attached hydrogens (tertiary/aromatic N) is 3. The zero-order chi connectivity index (χ0) is 19.2. The molecular weight excluding hydrogens is 350 g/mol. The minimum atomic E-state index is -0.999. The van der Waals surface area contributed by atoms with Gasteiger partial charge in [0.2, 0.25) is 0 Å². The molecule has 0 spiro atoms. The van der Waals surface area contributed by atoms with Crippen molar-refractivity contribution in [1.29, 1.82) is 0 Å². The Morgan fingerprint density at radius 2 is 1.78 bits per heavy atom. The van der Waals surface area contributed by atoms with Gasteiger partial charge in [0.05, 0.1) is 0 Å². The van der Waals surface area contributed by atoms with Gasteiger partial charge in [-0.1, -0.05) is 30.3 Å². The van der Waals surface area contributed by atoms with Gasteiger partial charge in [-0.05, 0) is 24.8 Å². The fourth-order valence-electron chi connectivity index (χ4n) is 3.62. The Hall–Kier alpha value is -2.77. The Morgan fingerprint density at radius 3 is 2.44 bits per heavy atom. The Balaban J connectivity index is 1.47. The summed E-state index contributed by atoms with van der Waals surface area (Å²) in [6.07, 6.45) is 1.77. The summed E-state index contributed by atoms with van der Waals surface area (Å²) in [5.41, 5.74) is 0.943. The lowest BCUT2D eigenvalue weighted by Gasteiger charge is -2.42. The summed E-state index contributed by atoms with van der Waals surface area (Å²) in [5.74, 6) is -0.999. The normalized spacial score (nSPS) is 18.5. The third-order valence-electron chi connectivity index (χ3n) is 5.04. The van der Waals surface area contributed by atoms with E-state index in [4.69, 9.17) is 9.84 Å². The van der Waals surface area contributed by atoms with Crippen LogP contribution in [0, 0.1) is 0 Å². The summed E-state index contributed by atoms with van der Waals surface area (Å²) in [6.45, 7) is 2.15. The number of hydrogen-bond donors (Lipinski definition) is 1. The van der Waals surface area contributed by atoms with Gasteiger partial charge in [0.25, 0.3) is 0 Å². The maximum atomic E-state index is 12.5. The van der Waals surface area contributed by atoms with Gasteiger partial charge in [0.1, 0.15) is 13.2 Å². The number of likely N-dealkylation sites (tertiary alicyclic amines) is 1. The van der Waals surface area contributed by atoms with Crippen LogP contribution in [0.15, 0.2) is 30.3 Å². The standard InChI is InChI=1S/C19H25N3O5/c23-17(24)13-21-9-4-10-22(18(21)25)16-7-11-20(12-8-16)19(26)27-14-15-5-2-1-3-6-15/h1-3,5-6,16H,4,7-14H2,(H,23,24). The number of carboxylic acid groups (broad SMARTS) is 1. The summed E-state index contributed by atoms with van der Waals surface area (Å²) in [7, 11) is 0. The van der Waals surface area contributed by atoms with Gasteiger partial charge in [-0.3, -0.25) is 4.79 Å². The molecule has 2 heterocycles. The van der Waals surface area contributed by atoms with Crippen molar-refractivity contribution in [3.05, 3.63) is 35.9 Å². The predicted molar refractivity (Wildman–Crippen MR) is 97.1 cm³/mol. The second-order valence-corrected chi connectivity index (χ2v) is 6.90. The van der Waals surface area contributed by atoms with E-state index in [-0.39, 0.29) is 31.3 Å². The van der Waals surface area contributed by atoms with Crippen molar-refractivity contribution in [2.45, 2.75) is 31.9 Å². The van der Waals surface area contributed by atoms with Crippen LogP contribution in [-0.2, 0) is 16.1 Å². The third-order valence-corrected chi connectivity index (χ3v) is 5.04. The number of urea groups is 1. The molecule has 2 saturated heterocycles. The molecule has 0 bridgehead atoms. The van der Waals surface area contributed by atoms with E-state index < -0.39 is 5.97 Å². The number of carbonyl (C=O) groups is 3. The van der Waals surface area contributed by atoms with Crippen LogP contribution < -0.4 is 0 Å². The molecule has 1 N–H and O–H groups in total. The molecule has 0 aliphatic carbocycles. The highest BCUT2D eigenvalue weighted by atomic mass is 16.6. The Kier molecular flexibility index (Phi) is 6.16. The van der Waals surface area contributed by atoms with Crippen LogP contribution in [0.25, 0.3) is 0 Å². The molecule has 0 saturated carbocycles. The first-order valence-corrected chi connectivity index (χ1v) is 9.27. The first kappa shape index (κ1) is 19.0. The van der Waals surface area contributed by atoms with Crippen molar-refractivity contribution in [2.75, 3.05) is 32.7 Å². The number of aliphatic carboxylic acids is 1. The summed E-state index contributed by atoms with van der Waals surface area (Å²) >= 11 is 0. The van der Waals surface area contributed by atoms with Gasteiger partial charge in [-0.15, -0.1) is 0 Å². The quantitative estimate of drug-likeness (QED) is 0.850. The van der Waals surface area contributed by atoms with E-state index in [1.165, 1.54) is 4.90 Å². The highest BCUT2D eigenvalue weighted by Crippen LogP contribution is 2.22. The zero-order valence-corrected chi connectivity index (χ0v) is 15.2. The molecule has 3 rings (SSSR count). The van der Waals surface area contributed by atoms with Crippen LogP contribution in [0.1, 0.15) is 24.8 Å². The van der Waals surface area contributed by atoms with E-state index in [1.54, 1.807) is 9.80 Å². The second kappa shape index (κ2) is 8.75. The van der Waals surface area contributed by atoms with E-state index in [0.29, 0.717) is 39.0 Å². The van der Waals surface area contributed by atoms with Crippen LogP contribution in [0.2, 0.25) is 0 Å². The summed E-state index contributed by atoms with van der Waals surface area (Å²) in [4.78, 5) is 40.5. The Labute approximate surface area is 158 Å². The number of amides is 3. The zero-order valence-electron chi connectivity index (χ0n) is 15.2. The molecule has 0 radical (unpaired) electrons. The lowest BCUT2D eigenvalue weighted by molar-refractivity contribution is -0.138. The number of carbonyl (C=O) groups excluding carboxylic acids is 2. The largest absolute Gasteiger partial charge is 0.480 e. The van der Waals surface area contributed by atoms with Crippen LogP contribution in [0.3, 0.4) is 0 Å². The van der Waals surface area contributed by atoms with Crippen LogP contribution in [-0.4, -0.2) is 76.7 Å². The van der Waals surface area contributed by atoms with E-state index in [1.807, 2.05) is 30.3 Å². The van der Waals surface area contributed by atoms with Crippen molar-refractivity contribution in [3.63, 3.8) is 0 Å². The topological polar surface area (TPSA) is 90.4 Å². The number of hydrogen-bond acceptors (Lipinski definition) is 4. The smallest absolute Gasteiger partial charge is 0.410 e. The maximum Gasteiger partial charge on any atom is 0.410 e. The molecule has 27 heavy (non-hydrogen) atoms. The monoisotopic (exact) mass is 375 g/mol. The average Bonchev–Trinajstić information content (AvgIpc) is 2.68. The van der Waals surface area contributed by atoms with E-state index in [9.17, 15) is 14.4 Å².